The van der Waals surface area contributed by atoms with Crippen molar-refractivity contribution < 1.29 is 0 Å². The minimum Gasteiger partial charge on any atom is -0.368 e. The maximum absolute atomic E-state index is 4.82. The lowest BCUT2D eigenvalue weighted by atomic mass is 10.00. The van der Waals surface area contributed by atoms with Gasteiger partial charge in [0.2, 0.25) is 0 Å². The van der Waals surface area contributed by atoms with Gasteiger partial charge in [0.1, 0.15) is 5.52 Å². The number of piperidine rings is 1. The van der Waals surface area contributed by atoms with Gasteiger partial charge in [-0.15, -0.1) is 0 Å². The Balaban J connectivity index is 1.65. The van der Waals surface area contributed by atoms with Gasteiger partial charge >= 0.3 is 0 Å². The molecule has 3 aromatic heterocycles. The molecule has 2 N–H and O–H groups in total. The van der Waals surface area contributed by atoms with E-state index in [1.165, 1.54) is 12.8 Å². The van der Waals surface area contributed by atoms with Gasteiger partial charge in [0.25, 0.3) is 0 Å². The molecule has 0 saturated carbocycles. The first-order valence-electron chi connectivity index (χ1n) is 8.92. The average molecular weight is 337 g/mol. The number of hydrogen-bond acceptors (Lipinski definition) is 6. The standard InChI is InChI=1S/C18H23N7/c1-2-25-12-14(11-23-25)15-8-16-17(21-7-6-20-16)18(24-15)22-10-13-4-3-5-19-9-13/h6-8,11-13,19H,2-5,9-10H2,1H3,(H,22,24)/t13-/m1/s1. The number of fused-ring (bicyclic) bond motifs is 1. The molecule has 0 unspecified atom stereocenters. The van der Waals surface area contributed by atoms with Crippen LogP contribution in [0.25, 0.3) is 22.3 Å². The number of hydrogen-bond donors (Lipinski definition) is 2. The van der Waals surface area contributed by atoms with Crippen LogP contribution in [-0.2, 0) is 6.54 Å². The van der Waals surface area contributed by atoms with Gasteiger partial charge in [0.05, 0.1) is 17.4 Å². The highest BCUT2D eigenvalue weighted by atomic mass is 15.3. The predicted molar refractivity (Wildman–Crippen MR) is 98.3 cm³/mol. The molecule has 0 amide bonds. The molecule has 7 heteroatoms. The third kappa shape index (κ3) is 3.46. The van der Waals surface area contributed by atoms with E-state index < -0.39 is 0 Å². The third-order valence-corrected chi connectivity index (χ3v) is 4.67. The summed E-state index contributed by atoms with van der Waals surface area (Å²) in [6, 6.07) is 1.98. The largest absolute Gasteiger partial charge is 0.368 e. The van der Waals surface area contributed by atoms with Gasteiger partial charge < -0.3 is 10.6 Å². The molecule has 25 heavy (non-hydrogen) atoms. The Bertz CT molecular complexity index is 852. The molecule has 0 radical (unpaired) electrons. The zero-order chi connectivity index (χ0) is 17.1. The van der Waals surface area contributed by atoms with Crippen LogP contribution in [0.15, 0.2) is 30.9 Å². The molecule has 1 aliphatic heterocycles. The lowest BCUT2D eigenvalue weighted by Crippen LogP contribution is -2.33. The van der Waals surface area contributed by atoms with E-state index in [2.05, 4.69) is 32.6 Å². The lowest BCUT2D eigenvalue weighted by molar-refractivity contribution is 0.392. The molecule has 0 spiro atoms. The van der Waals surface area contributed by atoms with Crippen molar-refractivity contribution in [1.29, 1.82) is 0 Å². The van der Waals surface area contributed by atoms with Crippen LogP contribution in [0.2, 0.25) is 0 Å². The summed E-state index contributed by atoms with van der Waals surface area (Å²) >= 11 is 0. The van der Waals surface area contributed by atoms with Crippen LogP contribution in [0.5, 0.6) is 0 Å². The Morgan fingerprint density at radius 2 is 2.24 bits per heavy atom. The highest BCUT2D eigenvalue weighted by Gasteiger charge is 2.15. The Hall–Kier alpha value is -2.54. The van der Waals surface area contributed by atoms with Crippen LogP contribution in [0.4, 0.5) is 5.82 Å². The molecule has 3 aromatic rings. The Morgan fingerprint density at radius 1 is 1.32 bits per heavy atom. The summed E-state index contributed by atoms with van der Waals surface area (Å²) < 4.78 is 1.90. The minimum atomic E-state index is 0.619. The van der Waals surface area contributed by atoms with E-state index in [-0.39, 0.29) is 0 Å². The summed E-state index contributed by atoms with van der Waals surface area (Å²) in [6.45, 7) is 5.98. The Morgan fingerprint density at radius 3 is 3.04 bits per heavy atom. The summed E-state index contributed by atoms with van der Waals surface area (Å²) in [6.07, 6.45) is 9.77. The van der Waals surface area contributed by atoms with Crippen molar-refractivity contribution >= 4 is 16.9 Å². The quantitative estimate of drug-likeness (QED) is 0.744. The van der Waals surface area contributed by atoms with Crippen LogP contribution in [0, 0.1) is 5.92 Å². The molecular weight excluding hydrogens is 314 g/mol. The zero-order valence-corrected chi connectivity index (χ0v) is 14.4. The van der Waals surface area contributed by atoms with Crippen molar-refractivity contribution in [1.82, 2.24) is 30.0 Å². The number of anilines is 1. The fraction of sp³-hybridized carbons (Fsp3) is 0.444. The Labute approximate surface area is 146 Å². The SMILES string of the molecule is CCn1cc(-c2cc3nccnc3c(NC[C@@H]3CCCNC3)n2)cn1. The molecule has 1 atom stereocenters. The van der Waals surface area contributed by atoms with Crippen LogP contribution in [0.3, 0.4) is 0 Å². The van der Waals surface area contributed by atoms with Crippen molar-refractivity contribution in [2.24, 2.45) is 5.92 Å². The summed E-state index contributed by atoms with van der Waals surface area (Å²) in [5, 5.41) is 11.3. The zero-order valence-electron chi connectivity index (χ0n) is 14.4. The number of nitrogens with zero attached hydrogens (tertiary/aromatic N) is 5. The van der Waals surface area contributed by atoms with Crippen LogP contribution in [0.1, 0.15) is 19.8 Å². The highest BCUT2D eigenvalue weighted by Crippen LogP contribution is 2.25. The van der Waals surface area contributed by atoms with Gasteiger partial charge in [-0.25, -0.2) is 9.97 Å². The first kappa shape index (κ1) is 16.0. The first-order valence-corrected chi connectivity index (χ1v) is 8.92. The Kier molecular flexibility index (Phi) is 4.56. The summed E-state index contributed by atoms with van der Waals surface area (Å²) in [4.78, 5) is 13.8. The maximum atomic E-state index is 4.82. The molecule has 7 nitrogen and oxygen atoms in total. The van der Waals surface area contributed by atoms with E-state index in [4.69, 9.17) is 4.98 Å². The van der Waals surface area contributed by atoms with Crippen molar-refractivity contribution in [3.63, 3.8) is 0 Å². The average Bonchev–Trinajstić information content (AvgIpc) is 3.16. The molecule has 1 saturated heterocycles. The second-order valence-corrected chi connectivity index (χ2v) is 6.46. The van der Waals surface area contributed by atoms with Gasteiger partial charge in [-0.2, -0.15) is 5.10 Å². The van der Waals surface area contributed by atoms with E-state index in [0.29, 0.717) is 5.92 Å². The first-order chi connectivity index (χ1) is 12.3. The molecule has 4 heterocycles. The van der Waals surface area contributed by atoms with Crippen LogP contribution < -0.4 is 10.6 Å². The third-order valence-electron chi connectivity index (χ3n) is 4.67. The summed E-state index contributed by atoms with van der Waals surface area (Å²) in [7, 11) is 0. The highest BCUT2D eigenvalue weighted by molar-refractivity contribution is 5.88. The maximum Gasteiger partial charge on any atom is 0.154 e. The molecule has 1 fully saturated rings. The monoisotopic (exact) mass is 337 g/mol. The number of nitrogens with one attached hydrogen (secondary N) is 2. The normalized spacial score (nSPS) is 17.7. The van der Waals surface area contributed by atoms with E-state index in [1.54, 1.807) is 12.4 Å². The number of pyridine rings is 1. The van der Waals surface area contributed by atoms with Gasteiger partial charge in [0.15, 0.2) is 5.82 Å². The number of rotatable bonds is 5. The fourth-order valence-corrected chi connectivity index (χ4v) is 3.25. The second-order valence-electron chi connectivity index (χ2n) is 6.46. The summed E-state index contributed by atoms with van der Waals surface area (Å²) in [5.74, 6) is 1.42. The van der Waals surface area contributed by atoms with Crippen molar-refractivity contribution in [3.05, 3.63) is 30.9 Å². The molecule has 130 valence electrons. The van der Waals surface area contributed by atoms with E-state index >= 15 is 0 Å². The van der Waals surface area contributed by atoms with E-state index in [0.717, 1.165) is 54.3 Å². The van der Waals surface area contributed by atoms with E-state index in [9.17, 15) is 0 Å². The molecule has 4 rings (SSSR count). The minimum absolute atomic E-state index is 0.619. The van der Waals surface area contributed by atoms with E-state index in [1.807, 2.05) is 23.1 Å². The summed E-state index contributed by atoms with van der Waals surface area (Å²) in [5.41, 5.74) is 3.53. The molecule has 0 aromatic carbocycles. The predicted octanol–water partition coefficient (Wildman–Crippen LogP) is 2.32. The van der Waals surface area contributed by atoms with Crippen LogP contribution >= 0.6 is 0 Å². The van der Waals surface area contributed by atoms with Gasteiger partial charge in [-0.05, 0) is 44.8 Å². The number of aryl methyl sites for hydroxylation is 1. The molecule has 0 bridgehead atoms. The van der Waals surface area contributed by atoms with Crippen molar-refractivity contribution in [2.45, 2.75) is 26.3 Å². The second kappa shape index (κ2) is 7.14. The van der Waals surface area contributed by atoms with Crippen molar-refractivity contribution in [3.8, 4) is 11.3 Å². The fourth-order valence-electron chi connectivity index (χ4n) is 3.25. The topological polar surface area (TPSA) is 80.5 Å². The molecule has 1 aliphatic rings. The lowest BCUT2D eigenvalue weighted by Gasteiger charge is -2.23. The van der Waals surface area contributed by atoms with Crippen LogP contribution in [-0.4, -0.2) is 44.4 Å². The van der Waals surface area contributed by atoms with Crippen molar-refractivity contribution in [2.75, 3.05) is 25.0 Å². The van der Waals surface area contributed by atoms with Gasteiger partial charge in [-0.3, -0.25) is 9.67 Å². The molecular formula is C18H23N7. The van der Waals surface area contributed by atoms with Gasteiger partial charge in [0, 0.05) is 37.2 Å². The smallest absolute Gasteiger partial charge is 0.154 e. The molecule has 0 aliphatic carbocycles. The number of aromatic nitrogens is 5. The van der Waals surface area contributed by atoms with Gasteiger partial charge in [-0.1, -0.05) is 0 Å².